The molecule has 1 heterocycles. The number of alkyl halides is 1. The van der Waals surface area contributed by atoms with Crippen LogP contribution in [-0.4, -0.2) is 71.3 Å². The first-order chi connectivity index (χ1) is 18.5. The monoisotopic (exact) mass is 557 g/mol. The summed E-state index contributed by atoms with van der Waals surface area (Å²) in [6, 6.07) is 1.14. The minimum absolute atomic E-state index is 0.0148. The Morgan fingerprint density at radius 2 is 1.44 bits per heavy atom. The number of halogens is 1. The molecule has 4 N–H and O–H groups in total. The summed E-state index contributed by atoms with van der Waals surface area (Å²) in [5, 5.41) is 19.1. The van der Waals surface area contributed by atoms with E-state index in [1.54, 1.807) is 20.8 Å². The van der Waals surface area contributed by atoms with Crippen LogP contribution in [0.3, 0.4) is 0 Å². The van der Waals surface area contributed by atoms with Gasteiger partial charge in [-0.05, 0) is 37.0 Å². The van der Waals surface area contributed by atoms with Crippen molar-refractivity contribution in [3.63, 3.8) is 0 Å². The van der Waals surface area contributed by atoms with Crippen LogP contribution in [-0.2, 0) is 42.9 Å². The van der Waals surface area contributed by atoms with Crippen molar-refractivity contribution in [2.45, 2.75) is 96.1 Å². The van der Waals surface area contributed by atoms with Crippen molar-refractivity contribution in [1.82, 2.24) is 0 Å². The van der Waals surface area contributed by atoms with E-state index in [0.29, 0.717) is 19.3 Å². The molecule has 0 aliphatic carbocycles. The first-order valence-corrected chi connectivity index (χ1v) is 12.8. The highest BCUT2D eigenvalue weighted by Crippen LogP contribution is 2.32. The maximum Gasteiger partial charge on any atom is 0.328 e. The lowest BCUT2D eigenvalue weighted by atomic mass is 10.0. The Morgan fingerprint density at radius 1 is 0.897 bits per heavy atom. The van der Waals surface area contributed by atoms with E-state index in [-0.39, 0.29) is 31.4 Å². The third-order valence-electron chi connectivity index (χ3n) is 5.70. The number of carbonyl (C=O) groups excluding carboxylic acids is 4. The minimum Gasteiger partial charge on any atom is -0.504 e. The molecule has 0 saturated carbocycles. The van der Waals surface area contributed by atoms with Gasteiger partial charge in [-0.15, -0.1) is 0 Å². The highest BCUT2D eigenvalue weighted by molar-refractivity contribution is 5.77. The number of aromatic hydroxyl groups is 2. The molecule has 2 rings (SSSR count). The van der Waals surface area contributed by atoms with Gasteiger partial charge in [0.15, 0.2) is 29.9 Å². The van der Waals surface area contributed by atoms with Crippen LogP contribution in [0.25, 0.3) is 0 Å². The molecule has 0 spiro atoms. The van der Waals surface area contributed by atoms with Crippen LogP contribution in [0.1, 0.15) is 71.0 Å². The first kappa shape index (κ1) is 31.8. The average Bonchev–Trinajstić information content (AvgIpc) is 2.88. The summed E-state index contributed by atoms with van der Waals surface area (Å²) in [4.78, 5) is 49.8. The highest BCUT2D eigenvalue weighted by atomic mass is 19.1. The van der Waals surface area contributed by atoms with Crippen LogP contribution >= 0.6 is 0 Å². The molecule has 0 amide bonds. The van der Waals surface area contributed by atoms with Crippen LogP contribution in [0.5, 0.6) is 11.5 Å². The molecule has 1 saturated heterocycles. The van der Waals surface area contributed by atoms with Crippen LogP contribution in [0, 0.1) is 0 Å². The maximum absolute atomic E-state index is 15.0. The predicted molar refractivity (Wildman–Crippen MR) is 132 cm³/mol. The van der Waals surface area contributed by atoms with Crippen molar-refractivity contribution >= 4 is 23.9 Å². The maximum atomic E-state index is 15.0. The molecule has 1 aliphatic heterocycles. The van der Waals surface area contributed by atoms with E-state index in [1.165, 1.54) is 0 Å². The Bertz CT molecular complexity index is 1000. The minimum atomic E-state index is -2.16. The third kappa shape index (κ3) is 9.06. The van der Waals surface area contributed by atoms with Crippen molar-refractivity contribution in [1.29, 1.82) is 0 Å². The molecule has 13 heteroatoms. The number of hydrogen-bond acceptors (Lipinski definition) is 12. The summed E-state index contributed by atoms with van der Waals surface area (Å²) in [6.45, 7) is 4.85. The van der Waals surface area contributed by atoms with Gasteiger partial charge in [-0.3, -0.25) is 19.2 Å². The molecular weight excluding hydrogens is 521 g/mol. The van der Waals surface area contributed by atoms with Crippen LogP contribution in [0.4, 0.5) is 4.39 Å². The van der Waals surface area contributed by atoms with Crippen molar-refractivity contribution in [3.05, 3.63) is 23.8 Å². The van der Waals surface area contributed by atoms with Gasteiger partial charge in [0.05, 0.1) is 6.61 Å². The van der Waals surface area contributed by atoms with Crippen molar-refractivity contribution in [2.24, 2.45) is 5.73 Å². The van der Waals surface area contributed by atoms with E-state index in [0.717, 1.165) is 18.2 Å². The number of rotatable bonds is 13. The number of carbonyl (C=O) groups is 4. The van der Waals surface area contributed by atoms with Crippen molar-refractivity contribution < 1.29 is 57.5 Å². The summed E-state index contributed by atoms with van der Waals surface area (Å²) in [6.07, 6.45) is -6.53. The topological polar surface area (TPSA) is 181 Å². The predicted octanol–water partition coefficient (Wildman–Crippen LogP) is 2.47. The second kappa shape index (κ2) is 15.2. The lowest BCUT2D eigenvalue weighted by Crippen LogP contribution is -2.59. The normalized spacial score (nSPS) is 22.3. The lowest BCUT2D eigenvalue weighted by molar-refractivity contribution is -0.276. The molecule has 0 aromatic heterocycles. The zero-order valence-corrected chi connectivity index (χ0v) is 22.2. The Kier molecular flexibility index (Phi) is 12.4. The highest BCUT2D eigenvalue weighted by Gasteiger charge is 2.50. The molecule has 39 heavy (non-hydrogen) atoms. The molecule has 0 radical (unpaired) electrons. The van der Waals surface area contributed by atoms with Gasteiger partial charge in [-0.1, -0.05) is 26.8 Å². The fourth-order valence-corrected chi connectivity index (χ4v) is 3.71. The van der Waals surface area contributed by atoms with Gasteiger partial charge in [0.1, 0.15) is 6.04 Å². The number of benzene rings is 1. The largest absolute Gasteiger partial charge is 0.504 e. The molecule has 6 atom stereocenters. The number of esters is 4. The van der Waals surface area contributed by atoms with Crippen molar-refractivity contribution in [3.8, 4) is 11.5 Å². The lowest BCUT2D eigenvalue weighted by Gasteiger charge is -2.40. The number of hydrogen-bond donors (Lipinski definition) is 3. The molecule has 1 aromatic carbocycles. The van der Waals surface area contributed by atoms with Gasteiger partial charge >= 0.3 is 23.9 Å². The Hall–Kier alpha value is -3.45. The van der Waals surface area contributed by atoms with Gasteiger partial charge in [0.25, 0.3) is 0 Å². The zero-order valence-electron chi connectivity index (χ0n) is 22.2. The van der Waals surface area contributed by atoms with E-state index in [4.69, 9.17) is 29.4 Å². The molecule has 0 bridgehead atoms. The fraction of sp³-hybridized carbons (Fsp3) is 0.615. The SMILES string of the molecule is CCCC(=O)O[C@H]1[C@H](OC(=O)CCC)COC(OC(=O)[C@@H](N)C(F)c2ccc(O)c(O)c2)[C@@H]1OC(=O)CCC. The molecule has 1 aliphatic rings. The summed E-state index contributed by atoms with van der Waals surface area (Å²) >= 11 is 0. The van der Waals surface area contributed by atoms with Crippen LogP contribution < -0.4 is 5.73 Å². The second-order valence-corrected chi connectivity index (χ2v) is 9.00. The quantitative estimate of drug-likeness (QED) is 0.183. The van der Waals surface area contributed by atoms with E-state index >= 15 is 0 Å². The van der Waals surface area contributed by atoms with Gasteiger partial charge in [0.2, 0.25) is 12.4 Å². The standard InChI is InChI=1S/C26H36FNO11/c1-4-7-18(31)36-17-13-35-26(24(38-20(33)9-6-3)23(17)37-19(32)8-5-2)39-25(34)22(28)21(27)14-10-11-15(29)16(30)12-14/h10-12,17,21-24,26,29-30H,4-9,13,28H2,1-3H3/t17-,21?,22+,23+,24-,26?/m1/s1. The second-order valence-electron chi connectivity index (χ2n) is 9.00. The fourth-order valence-electron chi connectivity index (χ4n) is 3.71. The number of ether oxygens (including phenoxy) is 5. The molecule has 1 fully saturated rings. The summed E-state index contributed by atoms with van der Waals surface area (Å²) in [5.74, 6) is -4.40. The first-order valence-electron chi connectivity index (χ1n) is 12.8. The number of phenols is 2. The molecule has 2 unspecified atom stereocenters. The smallest absolute Gasteiger partial charge is 0.328 e. The van der Waals surface area contributed by atoms with Crippen LogP contribution in [0.15, 0.2) is 18.2 Å². The van der Waals surface area contributed by atoms with E-state index in [2.05, 4.69) is 0 Å². The Labute approximate surface area is 225 Å². The Morgan fingerprint density at radius 3 is 1.97 bits per heavy atom. The molecular formula is C26H36FNO11. The number of nitrogens with two attached hydrogens (primary N) is 1. The van der Waals surface area contributed by atoms with Gasteiger partial charge < -0.3 is 39.6 Å². The van der Waals surface area contributed by atoms with E-state index < -0.39 is 72.2 Å². The van der Waals surface area contributed by atoms with Gasteiger partial charge in [-0.2, -0.15) is 0 Å². The zero-order chi connectivity index (χ0) is 29.1. The van der Waals surface area contributed by atoms with E-state index in [1.807, 2.05) is 0 Å². The molecule has 218 valence electrons. The van der Waals surface area contributed by atoms with Gasteiger partial charge in [-0.25, -0.2) is 4.39 Å². The third-order valence-corrected chi connectivity index (χ3v) is 5.70. The Balaban J connectivity index is 2.30. The molecule has 12 nitrogen and oxygen atoms in total. The summed E-state index contributed by atoms with van der Waals surface area (Å²) < 4.78 is 42.2. The average molecular weight is 558 g/mol. The summed E-state index contributed by atoms with van der Waals surface area (Å²) in [5.41, 5.74) is 5.55. The van der Waals surface area contributed by atoms with Crippen molar-refractivity contribution in [2.75, 3.05) is 6.61 Å². The summed E-state index contributed by atoms with van der Waals surface area (Å²) in [7, 11) is 0. The van der Waals surface area contributed by atoms with Gasteiger partial charge in [0, 0.05) is 19.3 Å². The number of phenolic OH excluding ortho intramolecular Hbond substituents is 2. The van der Waals surface area contributed by atoms with E-state index in [9.17, 15) is 33.8 Å². The molecule has 1 aromatic rings. The van der Waals surface area contributed by atoms with Crippen LogP contribution in [0.2, 0.25) is 0 Å².